The smallest absolute Gasteiger partial charge is 0.315 e. The molecule has 14 nitrogen and oxygen atoms in total. The Morgan fingerprint density at radius 2 is 1.68 bits per heavy atom. The maximum Gasteiger partial charge on any atom is 0.315 e. The second kappa shape index (κ2) is 15.5. The van der Waals surface area contributed by atoms with E-state index in [0.29, 0.717) is 13.0 Å². The number of urea groups is 1. The third-order valence-corrected chi connectivity index (χ3v) is 11.3. The van der Waals surface area contributed by atoms with Crippen molar-refractivity contribution in [3.8, 4) is 0 Å². The molecule has 1 aromatic heterocycles. The SMILES string of the molecule is CN(C[C@@H](NC(=O)N[C@H](C(=O)N1C[C@H]2[C@@H]([C@H]1C(=O)N[C@@H](CC(F)F)C(=O)NCCCn1ccnc1)C2(C)C)C(C)(C)C)C(C)(C)C)S(C)(=O)=O. The zero-order valence-corrected chi connectivity index (χ0v) is 31.7. The van der Waals surface area contributed by atoms with Gasteiger partial charge in [0.1, 0.15) is 18.1 Å². The molecule has 0 spiro atoms. The maximum atomic E-state index is 14.3. The van der Waals surface area contributed by atoms with E-state index < -0.39 is 81.6 Å². The molecular weight excluding hydrogens is 674 g/mol. The standard InChI is InChI=1S/C33H56F2N8O6S/c1-31(2,3)22(18-41(9)50(10,48)49)39-30(47)40-26(32(4,5)6)29(46)43-17-20-24(33(20,7)8)25(43)28(45)38-21(16-23(34)35)27(44)37-12-11-14-42-15-13-36-19-42/h13,15,19-26H,11-12,14,16-18H2,1-10H3,(H,37,44)(H,38,45)(H2,39,40,47)/t20-,21-,22+,24-,25-,26+/m0/s1. The molecule has 1 saturated carbocycles. The van der Waals surface area contributed by atoms with Crippen LogP contribution < -0.4 is 21.3 Å². The second-order valence-corrected chi connectivity index (χ2v) is 18.5. The van der Waals surface area contributed by atoms with Crippen LogP contribution in [0, 0.1) is 28.1 Å². The fourth-order valence-corrected chi connectivity index (χ4v) is 6.99. The van der Waals surface area contributed by atoms with Crippen molar-refractivity contribution in [1.29, 1.82) is 0 Å². The van der Waals surface area contributed by atoms with E-state index >= 15 is 0 Å². The number of likely N-dealkylation sites (N-methyl/N-ethyl adjacent to an activating group) is 1. The number of carbonyl (C=O) groups excluding carboxylic acids is 4. The summed E-state index contributed by atoms with van der Waals surface area (Å²) >= 11 is 0. The Balaban J connectivity index is 1.77. The number of nitrogens with one attached hydrogen (secondary N) is 4. The molecule has 6 atom stereocenters. The molecule has 17 heteroatoms. The van der Waals surface area contributed by atoms with Crippen LogP contribution in [-0.2, 0) is 31.0 Å². The van der Waals surface area contributed by atoms with E-state index in [-0.39, 0.29) is 36.9 Å². The molecule has 0 bridgehead atoms. The monoisotopic (exact) mass is 730 g/mol. The predicted molar refractivity (Wildman–Crippen MR) is 184 cm³/mol. The van der Waals surface area contributed by atoms with Crippen LogP contribution in [0.5, 0.6) is 0 Å². The van der Waals surface area contributed by atoms with Gasteiger partial charge in [0.2, 0.25) is 34.2 Å². The Labute approximate surface area is 294 Å². The van der Waals surface area contributed by atoms with Gasteiger partial charge in [-0.15, -0.1) is 0 Å². The molecule has 1 saturated heterocycles. The zero-order valence-electron chi connectivity index (χ0n) is 30.9. The number of fused-ring (bicyclic) bond motifs is 1. The minimum absolute atomic E-state index is 0.00529. The van der Waals surface area contributed by atoms with Crippen molar-refractivity contribution < 1.29 is 36.4 Å². The minimum atomic E-state index is -3.53. The number of alkyl halides is 2. The molecule has 5 amide bonds. The van der Waals surface area contributed by atoms with Gasteiger partial charge < -0.3 is 30.7 Å². The van der Waals surface area contributed by atoms with Gasteiger partial charge in [-0.1, -0.05) is 55.4 Å². The topological polar surface area (TPSA) is 175 Å². The number of amides is 5. The minimum Gasteiger partial charge on any atom is -0.354 e. The highest BCUT2D eigenvalue weighted by atomic mass is 32.2. The van der Waals surface area contributed by atoms with E-state index in [1.165, 1.54) is 11.9 Å². The van der Waals surface area contributed by atoms with Gasteiger partial charge in [-0.25, -0.2) is 31.3 Å². The number of hydrogen-bond acceptors (Lipinski definition) is 7. The summed E-state index contributed by atoms with van der Waals surface area (Å²) in [5, 5.41) is 10.8. The number of rotatable bonds is 15. The molecule has 0 radical (unpaired) electrons. The largest absolute Gasteiger partial charge is 0.354 e. The fraction of sp³-hybridized carbons (Fsp3) is 0.788. The number of piperidine rings is 1. The number of imidazole rings is 1. The van der Waals surface area contributed by atoms with Crippen molar-refractivity contribution >= 4 is 33.8 Å². The molecule has 1 aliphatic heterocycles. The van der Waals surface area contributed by atoms with Crippen molar-refractivity contribution in [1.82, 2.24) is 40.0 Å². The highest BCUT2D eigenvalue weighted by molar-refractivity contribution is 7.88. The van der Waals surface area contributed by atoms with Crippen LogP contribution >= 0.6 is 0 Å². The molecule has 3 rings (SSSR count). The molecule has 2 aliphatic rings. The average Bonchev–Trinajstić information content (AvgIpc) is 3.40. The van der Waals surface area contributed by atoms with Crippen molar-refractivity contribution in [3.05, 3.63) is 18.7 Å². The summed E-state index contributed by atoms with van der Waals surface area (Å²) in [6.45, 7) is 15.8. The van der Waals surface area contributed by atoms with Crippen LogP contribution in [0.25, 0.3) is 0 Å². The van der Waals surface area contributed by atoms with Crippen LogP contribution in [0.4, 0.5) is 13.6 Å². The normalized spacial score (nSPS) is 22.0. The van der Waals surface area contributed by atoms with Gasteiger partial charge in [-0.3, -0.25) is 14.4 Å². The van der Waals surface area contributed by atoms with Crippen LogP contribution in [0.2, 0.25) is 0 Å². The van der Waals surface area contributed by atoms with Crippen LogP contribution in [0.1, 0.15) is 68.2 Å². The summed E-state index contributed by atoms with van der Waals surface area (Å²) in [6.07, 6.45) is 2.83. The summed E-state index contributed by atoms with van der Waals surface area (Å²) in [7, 11) is -2.12. The first kappa shape index (κ1) is 41.1. The summed E-state index contributed by atoms with van der Waals surface area (Å²) in [5.74, 6) is -2.29. The average molecular weight is 731 g/mol. The number of aromatic nitrogens is 2. The molecule has 284 valence electrons. The van der Waals surface area contributed by atoms with E-state index in [9.17, 15) is 36.4 Å². The summed E-state index contributed by atoms with van der Waals surface area (Å²) in [6, 6.07) is -4.98. The van der Waals surface area contributed by atoms with E-state index in [2.05, 4.69) is 26.3 Å². The van der Waals surface area contributed by atoms with Gasteiger partial charge in [0.25, 0.3) is 0 Å². The van der Waals surface area contributed by atoms with Crippen molar-refractivity contribution in [3.63, 3.8) is 0 Å². The highest BCUT2D eigenvalue weighted by Crippen LogP contribution is 2.65. The third-order valence-electron chi connectivity index (χ3n) is 10.0. The van der Waals surface area contributed by atoms with Gasteiger partial charge in [0.05, 0.1) is 12.6 Å². The second-order valence-electron chi connectivity index (χ2n) is 16.4. The first-order valence-electron chi connectivity index (χ1n) is 17.0. The molecule has 2 fully saturated rings. The third kappa shape index (κ3) is 10.4. The number of sulfonamides is 1. The van der Waals surface area contributed by atoms with E-state index in [1.54, 1.807) is 39.5 Å². The number of likely N-dealkylation sites (tertiary alicyclic amines) is 1. The Bertz CT molecular complexity index is 1480. The molecular formula is C33H56F2N8O6S. The zero-order chi connectivity index (χ0) is 38.0. The Kier molecular flexibility index (Phi) is 12.7. The highest BCUT2D eigenvalue weighted by Gasteiger charge is 2.70. The maximum absolute atomic E-state index is 14.3. The number of nitrogens with zero attached hydrogens (tertiary/aromatic N) is 4. The van der Waals surface area contributed by atoms with Gasteiger partial charge >= 0.3 is 6.03 Å². The van der Waals surface area contributed by atoms with E-state index in [1.807, 2.05) is 39.2 Å². The number of halogens is 2. The lowest BCUT2D eigenvalue weighted by Crippen LogP contribution is -2.62. The van der Waals surface area contributed by atoms with Crippen LogP contribution in [0.15, 0.2) is 18.7 Å². The predicted octanol–water partition coefficient (Wildman–Crippen LogP) is 2.03. The van der Waals surface area contributed by atoms with E-state index in [4.69, 9.17) is 0 Å². The van der Waals surface area contributed by atoms with Gasteiger partial charge in [-0.2, -0.15) is 0 Å². The lowest BCUT2D eigenvalue weighted by Gasteiger charge is -2.39. The van der Waals surface area contributed by atoms with Crippen LogP contribution in [-0.4, -0.2) is 114 Å². The van der Waals surface area contributed by atoms with E-state index in [0.717, 1.165) is 10.6 Å². The van der Waals surface area contributed by atoms with Gasteiger partial charge in [0, 0.05) is 58.1 Å². The summed E-state index contributed by atoms with van der Waals surface area (Å²) in [4.78, 5) is 60.0. The van der Waals surface area contributed by atoms with Crippen molar-refractivity contribution in [2.24, 2.45) is 28.1 Å². The molecule has 0 unspecified atom stereocenters. The Morgan fingerprint density at radius 3 is 2.20 bits per heavy atom. The molecule has 50 heavy (non-hydrogen) atoms. The quantitative estimate of drug-likeness (QED) is 0.200. The molecule has 4 N–H and O–H groups in total. The Morgan fingerprint density at radius 1 is 1.04 bits per heavy atom. The summed E-state index contributed by atoms with van der Waals surface area (Å²) in [5.41, 5.74) is -1.68. The number of aryl methyl sites for hydroxylation is 1. The summed E-state index contributed by atoms with van der Waals surface area (Å²) < 4.78 is 54.4. The molecule has 0 aromatic carbocycles. The van der Waals surface area contributed by atoms with Crippen molar-refractivity contribution in [2.75, 3.05) is 32.9 Å². The molecule has 1 aliphatic carbocycles. The number of hydrogen-bond donors (Lipinski definition) is 4. The lowest BCUT2D eigenvalue weighted by molar-refractivity contribution is -0.144. The Hall–Kier alpha value is -3.34. The van der Waals surface area contributed by atoms with Crippen LogP contribution in [0.3, 0.4) is 0 Å². The fourth-order valence-electron chi connectivity index (χ4n) is 6.57. The first-order valence-corrected chi connectivity index (χ1v) is 18.8. The lowest BCUT2D eigenvalue weighted by atomic mass is 9.85. The van der Waals surface area contributed by atoms with Gasteiger partial charge in [0.15, 0.2) is 0 Å². The number of carbonyl (C=O) groups is 4. The van der Waals surface area contributed by atoms with Gasteiger partial charge in [-0.05, 0) is 34.5 Å². The van der Waals surface area contributed by atoms with Crippen molar-refractivity contribution in [2.45, 2.75) is 105 Å². The molecule has 2 heterocycles. The first-order chi connectivity index (χ1) is 22.9. The molecule has 1 aromatic rings.